The SMILES string of the molecule is CCCCN(C)CC(O)COC1CCOCC1. The van der Waals surface area contributed by atoms with E-state index in [1.54, 1.807) is 0 Å². The molecule has 1 atom stereocenters. The molecule has 0 radical (unpaired) electrons. The minimum absolute atomic E-state index is 0.277. The van der Waals surface area contributed by atoms with E-state index in [0.717, 1.165) is 32.6 Å². The van der Waals surface area contributed by atoms with Crippen LogP contribution >= 0.6 is 0 Å². The van der Waals surface area contributed by atoms with Gasteiger partial charge in [0, 0.05) is 19.8 Å². The molecule has 1 rings (SSSR count). The summed E-state index contributed by atoms with van der Waals surface area (Å²) in [4.78, 5) is 2.17. The Hall–Kier alpha value is -0.160. The molecule has 102 valence electrons. The maximum Gasteiger partial charge on any atom is 0.0900 e. The number of likely N-dealkylation sites (N-methyl/N-ethyl adjacent to an activating group) is 1. The first-order valence-corrected chi connectivity index (χ1v) is 6.78. The fourth-order valence-electron chi connectivity index (χ4n) is 2.02. The van der Waals surface area contributed by atoms with E-state index >= 15 is 0 Å². The van der Waals surface area contributed by atoms with Gasteiger partial charge in [-0.3, -0.25) is 0 Å². The summed E-state index contributed by atoms with van der Waals surface area (Å²) >= 11 is 0. The third kappa shape index (κ3) is 6.99. The first-order chi connectivity index (χ1) is 8.22. The van der Waals surface area contributed by atoms with Crippen molar-refractivity contribution >= 4 is 0 Å². The zero-order valence-electron chi connectivity index (χ0n) is 11.2. The van der Waals surface area contributed by atoms with Crippen LogP contribution in [0.15, 0.2) is 0 Å². The predicted molar refractivity (Wildman–Crippen MR) is 68.2 cm³/mol. The van der Waals surface area contributed by atoms with Crippen molar-refractivity contribution in [2.45, 2.75) is 44.8 Å². The van der Waals surface area contributed by atoms with Crippen LogP contribution in [0.1, 0.15) is 32.6 Å². The van der Waals surface area contributed by atoms with Crippen molar-refractivity contribution in [3.8, 4) is 0 Å². The molecule has 1 fully saturated rings. The largest absolute Gasteiger partial charge is 0.389 e. The molecule has 1 heterocycles. The molecule has 1 aliphatic rings. The minimum Gasteiger partial charge on any atom is -0.389 e. The molecule has 1 aliphatic heterocycles. The third-order valence-corrected chi connectivity index (χ3v) is 3.11. The minimum atomic E-state index is -0.375. The van der Waals surface area contributed by atoms with Crippen molar-refractivity contribution in [2.24, 2.45) is 0 Å². The van der Waals surface area contributed by atoms with Crippen LogP contribution in [0, 0.1) is 0 Å². The van der Waals surface area contributed by atoms with Crippen LogP contribution in [-0.4, -0.2) is 62.2 Å². The van der Waals surface area contributed by atoms with E-state index in [1.165, 1.54) is 12.8 Å². The zero-order chi connectivity index (χ0) is 12.5. The van der Waals surface area contributed by atoms with Crippen LogP contribution < -0.4 is 0 Å². The first-order valence-electron chi connectivity index (χ1n) is 6.78. The number of nitrogens with zero attached hydrogens (tertiary/aromatic N) is 1. The van der Waals surface area contributed by atoms with Gasteiger partial charge < -0.3 is 19.5 Å². The molecule has 0 amide bonds. The summed E-state index contributed by atoms with van der Waals surface area (Å²) in [5.41, 5.74) is 0. The van der Waals surface area contributed by atoms with E-state index in [-0.39, 0.29) is 12.2 Å². The molecule has 0 aromatic rings. The number of aliphatic hydroxyl groups is 1. The number of hydrogen-bond acceptors (Lipinski definition) is 4. The Bertz CT molecular complexity index is 184. The Labute approximate surface area is 105 Å². The lowest BCUT2D eigenvalue weighted by Gasteiger charge is -2.25. The van der Waals surface area contributed by atoms with Gasteiger partial charge in [-0.25, -0.2) is 0 Å². The number of hydrogen-bond donors (Lipinski definition) is 1. The molecule has 1 N–H and O–H groups in total. The Morgan fingerprint density at radius 2 is 2.12 bits per heavy atom. The number of rotatable bonds is 8. The Balaban J connectivity index is 2.05. The first kappa shape index (κ1) is 14.9. The average molecular weight is 245 g/mol. The van der Waals surface area contributed by atoms with Gasteiger partial charge >= 0.3 is 0 Å². The molecule has 0 bridgehead atoms. The summed E-state index contributed by atoms with van der Waals surface area (Å²) in [5.74, 6) is 0. The Morgan fingerprint density at radius 3 is 2.76 bits per heavy atom. The number of aliphatic hydroxyl groups excluding tert-OH is 1. The van der Waals surface area contributed by atoms with E-state index in [1.807, 2.05) is 7.05 Å². The molecule has 4 heteroatoms. The van der Waals surface area contributed by atoms with Crippen molar-refractivity contribution in [1.29, 1.82) is 0 Å². The second-order valence-corrected chi connectivity index (χ2v) is 4.91. The average Bonchev–Trinajstić information content (AvgIpc) is 2.35. The van der Waals surface area contributed by atoms with Crippen molar-refractivity contribution in [1.82, 2.24) is 4.90 Å². The Kier molecular flexibility index (Phi) is 7.77. The van der Waals surface area contributed by atoms with E-state index < -0.39 is 0 Å². The molecule has 4 nitrogen and oxygen atoms in total. The molecule has 17 heavy (non-hydrogen) atoms. The highest BCUT2D eigenvalue weighted by molar-refractivity contribution is 4.66. The molecule has 0 aromatic carbocycles. The highest BCUT2D eigenvalue weighted by Crippen LogP contribution is 2.10. The fraction of sp³-hybridized carbons (Fsp3) is 1.00. The van der Waals surface area contributed by atoms with Gasteiger partial charge in [0.15, 0.2) is 0 Å². The lowest BCUT2D eigenvalue weighted by atomic mass is 10.1. The van der Waals surface area contributed by atoms with Crippen molar-refractivity contribution in [3.63, 3.8) is 0 Å². The number of unbranched alkanes of at least 4 members (excludes halogenated alkanes) is 1. The number of ether oxygens (including phenoxy) is 2. The summed E-state index contributed by atoms with van der Waals surface area (Å²) in [6.07, 6.45) is 4.19. The van der Waals surface area contributed by atoms with E-state index in [2.05, 4.69) is 11.8 Å². The quantitative estimate of drug-likeness (QED) is 0.699. The molecule has 1 unspecified atom stereocenters. The molecule has 0 aliphatic carbocycles. The standard InChI is InChI=1S/C13H27NO3/c1-3-4-7-14(2)10-12(15)11-17-13-5-8-16-9-6-13/h12-13,15H,3-11H2,1-2H3. The van der Waals surface area contributed by atoms with Crippen LogP contribution in [0.2, 0.25) is 0 Å². The summed E-state index contributed by atoms with van der Waals surface area (Å²) in [7, 11) is 2.05. The van der Waals surface area contributed by atoms with Crippen LogP contribution in [-0.2, 0) is 9.47 Å². The van der Waals surface area contributed by atoms with Crippen LogP contribution in [0.3, 0.4) is 0 Å². The van der Waals surface area contributed by atoms with Gasteiger partial charge in [0.1, 0.15) is 0 Å². The summed E-state index contributed by atoms with van der Waals surface area (Å²) < 4.78 is 11.0. The third-order valence-electron chi connectivity index (χ3n) is 3.11. The van der Waals surface area contributed by atoms with Gasteiger partial charge in [-0.1, -0.05) is 13.3 Å². The second kappa shape index (κ2) is 8.86. The van der Waals surface area contributed by atoms with Gasteiger partial charge in [-0.05, 0) is 32.9 Å². The van der Waals surface area contributed by atoms with Crippen LogP contribution in [0.5, 0.6) is 0 Å². The fourth-order valence-corrected chi connectivity index (χ4v) is 2.02. The smallest absolute Gasteiger partial charge is 0.0900 e. The van der Waals surface area contributed by atoms with E-state index in [9.17, 15) is 5.11 Å². The highest BCUT2D eigenvalue weighted by Gasteiger charge is 2.16. The molecule has 0 saturated carbocycles. The van der Waals surface area contributed by atoms with E-state index in [4.69, 9.17) is 9.47 Å². The van der Waals surface area contributed by atoms with Crippen LogP contribution in [0.4, 0.5) is 0 Å². The van der Waals surface area contributed by atoms with E-state index in [0.29, 0.717) is 13.2 Å². The van der Waals surface area contributed by atoms with Crippen molar-refractivity contribution in [2.75, 3.05) is 40.0 Å². The molecular weight excluding hydrogens is 218 g/mol. The monoisotopic (exact) mass is 245 g/mol. The summed E-state index contributed by atoms with van der Waals surface area (Å²) in [6.45, 7) is 5.95. The predicted octanol–water partition coefficient (Wildman–Crippen LogP) is 1.27. The molecule has 0 aromatic heterocycles. The van der Waals surface area contributed by atoms with Crippen molar-refractivity contribution < 1.29 is 14.6 Å². The summed E-state index contributed by atoms with van der Waals surface area (Å²) in [5, 5.41) is 9.85. The van der Waals surface area contributed by atoms with Gasteiger partial charge in [0.05, 0.1) is 18.8 Å². The maximum absolute atomic E-state index is 9.85. The van der Waals surface area contributed by atoms with Crippen LogP contribution in [0.25, 0.3) is 0 Å². The Morgan fingerprint density at radius 1 is 1.41 bits per heavy atom. The van der Waals surface area contributed by atoms with Gasteiger partial charge in [-0.2, -0.15) is 0 Å². The highest BCUT2D eigenvalue weighted by atomic mass is 16.5. The van der Waals surface area contributed by atoms with Crippen molar-refractivity contribution in [3.05, 3.63) is 0 Å². The van der Waals surface area contributed by atoms with Gasteiger partial charge in [0.2, 0.25) is 0 Å². The lowest BCUT2D eigenvalue weighted by molar-refractivity contribution is -0.0631. The second-order valence-electron chi connectivity index (χ2n) is 4.91. The topological polar surface area (TPSA) is 41.9 Å². The molecule has 1 saturated heterocycles. The van der Waals surface area contributed by atoms with Gasteiger partial charge in [0.25, 0.3) is 0 Å². The lowest BCUT2D eigenvalue weighted by Crippen LogP contribution is -2.35. The maximum atomic E-state index is 9.85. The zero-order valence-corrected chi connectivity index (χ0v) is 11.2. The van der Waals surface area contributed by atoms with Gasteiger partial charge in [-0.15, -0.1) is 0 Å². The summed E-state index contributed by atoms with van der Waals surface area (Å²) in [6, 6.07) is 0. The normalized spacial score (nSPS) is 19.8. The molecule has 0 spiro atoms. The molecular formula is C13H27NO3.